The maximum Gasteiger partial charge on any atom is 0.245 e. The normalized spacial score (nSPS) is 14.5. The smallest absolute Gasteiger partial charge is 0.245 e. The largest absolute Gasteiger partial charge is 0.507 e. The highest BCUT2D eigenvalue weighted by atomic mass is 16.3. The van der Waals surface area contributed by atoms with Crippen molar-refractivity contribution in [3.05, 3.63) is 54.2 Å². The van der Waals surface area contributed by atoms with E-state index in [4.69, 9.17) is 0 Å². The molecule has 28 heavy (non-hydrogen) atoms. The standard InChI is InChI=1S/C21H23N5O2/c1-4-19(28)26-10-13(11-26)20-16(12-25(2)3)15-9-17(23-24-21(15)22-20)14-7-5-6-8-18(14)27/h4-9,13,27H,1,10-12H2,2-3H3,(H,22,24). The number of fused-ring (bicyclic) bond motifs is 1. The van der Waals surface area contributed by atoms with Gasteiger partial charge in [0.25, 0.3) is 0 Å². The van der Waals surface area contributed by atoms with Crippen LogP contribution in [0.5, 0.6) is 5.75 Å². The van der Waals surface area contributed by atoms with E-state index in [0.717, 1.165) is 28.8 Å². The average molecular weight is 377 g/mol. The van der Waals surface area contributed by atoms with Crippen LogP contribution in [0.1, 0.15) is 17.2 Å². The Morgan fingerprint density at radius 3 is 2.79 bits per heavy atom. The predicted octanol–water partition coefficient (Wildman–Crippen LogP) is 2.50. The maximum atomic E-state index is 11.8. The molecule has 1 aromatic carbocycles. The van der Waals surface area contributed by atoms with Crippen molar-refractivity contribution in [1.29, 1.82) is 0 Å². The molecule has 0 aliphatic carbocycles. The molecule has 7 nitrogen and oxygen atoms in total. The molecular formula is C21H23N5O2. The van der Waals surface area contributed by atoms with Crippen LogP contribution in [0, 0.1) is 0 Å². The van der Waals surface area contributed by atoms with Crippen LogP contribution in [0.2, 0.25) is 0 Å². The fourth-order valence-corrected chi connectivity index (χ4v) is 3.69. The molecule has 4 rings (SSSR count). The van der Waals surface area contributed by atoms with E-state index >= 15 is 0 Å². The number of hydrogen-bond acceptors (Lipinski definition) is 5. The SMILES string of the molecule is C=CC(=O)N1CC(c2[nH]c3nnc(-c4ccccc4O)cc3c2CN(C)C)C1. The number of hydrogen-bond donors (Lipinski definition) is 2. The van der Waals surface area contributed by atoms with Crippen molar-refractivity contribution < 1.29 is 9.90 Å². The summed E-state index contributed by atoms with van der Waals surface area (Å²) in [5, 5.41) is 19.8. The van der Waals surface area contributed by atoms with Gasteiger partial charge in [-0.25, -0.2) is 0 Å². The highest BCUT2D eigenvalue weighted by molar-refractivity contribution is 5.88. The molecule has 1 aliphatic rings. The number of benzene rings is 1. The van der Waals surface area contributed by atoms with Gasteiger partial charge < -0.3 is 19.9 Å². The minimum atomic E-state index is -0.0387. The van der Waals surface area contributed by atoms with Crippen LogP contribution in [-0.2, 0) is 11.3 Å². The van der Waals surface area contributed by atoms with Crippen LogP contribution in [-0.4, -0.2) is 63.2 Å². The number of aromatic amines is 1. The van der Waals surface area contributed by atoms with E-state index in [1.165, 1.54) is 6.08 Å². The van der Waals surface area contributed by atoms with Gasteiger partial charge in [0.1, 0.15) is 5.75 Å². The van der Waals surface area contributed by atoms with E-state index in [1.54, 1.807) is 17.0 Å². The Labute approximate surface area is 163 Å². The lowest BCUT2D eigenvalue weighted by atomic mass is 9.92. The predicted molar refractivity (Wildman–Crippen MR) is 108 cm³/mol. The van der Waals surface area contributed by atoms with Gasteiger partial charge >= 0.3 is 0 Å². The van der Waals surface area contributed by atoms with Gasteiger partial charge in [0.15, 0.2) is 5.65 Å². The number of aromatic nitrogens is 3. The second-order valence-electron chi connectivity index (χ2n) is 7.41. The molecule has 0 spiro atoms. The number of phenols is 1. The zero-order chi connectivity index (χ0) is 19.8. The summed E-state index contributed by atoms with van der Waals surface area (Å²) in [6.45, 7) is 5.63. The lowest BCUT2D eigenvalue weighted by Crippen LogP contribution is -2.48. The number of carbonyl (C=O) groups excluding carboxylic acids is 1. The van der Waals surface area contributed by atoms with Crippen LogP contribution in [0.15, 0.2) is 43.0 Å². The van der Waals surface area contributed by atoms with Crippen molar-refractivity contribution in [1.82, 2.24) is 25.0 Å². The van der Waals surface area contributed by atoms with Crippen molar-refractivity contribution >= 4 is 16.9 Å². The summed E-state index contributed by atoms with van der Waals surface area (Å²) in [6, 6.07) is 9.09. The van der Waals surface area contributed by atoms with Crippen LogP contribution in [0.3, 0.4) is 0 Å². The monoisotopic (exact) mass is 377 g/mol. The fourth-order valence-electron chi connectivity index (χ4n) is 3.69. The highest BCUT2D eigenvalue weighted by Gasteiger charge is 2.34. The van der Waals surface area contributed by atoms with Crippen molar-refractivity contribution in [2.24, 2.45) is 0 Å². The average Bonchev–Trinajstić information content (AvgIpc) is 2.97. The van der Waals surface area contributed by atoms with Crippen LogP contribution >= 0.6 is 0 Å². The number of nitrogens with one attached hydrogen (secondary N) is 1. The third kappa shape index (κ3) is 3.14. The molecule has 0 saturated carbocycles. The molecule has 0 bridgehead atoms. The Hall–Kier alpha value is -3.19. The topological polar surface area (TPSA) is 85.3 Å². The van der Waals surface area contributed by atoms with Gasteiger partial charge in [0.05, 0.1) is 5.69 Å². The van der Waals surface area contributed by atoms with Gasteiger partial charge in [-0.15, -0.1) is 10.2 Å². The van der Waals surface area contributed by atoms with Crippen molar-refractivity contribution in [3.8, 4) is 17.0 Å². The number of H-pyrrole nitrogens is 1. The minimum Gasteiger partial charge on any atom is -0.507 e. The Kier molecular flexibility index (Phi) is 4.60. The second-order valence-corrected chi connectivity index (χ2v) is 7.41. The summed E-state index contributed by atoms with van der Waals surface area (Å²) < 4.78 is 0. The quantitative estimate of drug-likeness (QED) is 0.668. The van der Waals surface area contributed by atoms with Gasteiger partial charge in [-0.1, -0.05) is 18.7 Å². The molecule has 0 radical (unpaired) electrons. The van der Waals surface area contributed by atoms with Crippen molar-refractivity contribution in [2.75, 3.05) is 27.2 Å². The molecule has 2 aromatic heterocycles. The molecule has 3 heterocycles. The Bertz CT molecular complexity index is 1050. The number of phenolic OH excluding ortho intramolecular Hbond substituents is 1. The number of likely N-dealkylation sites (tertiary alicyclic amines) is 1. The van der Waals surface area contributed by atoms with E-state index in [1.807, 2.05) is 32.3 Å². The van der Waals surface area contributed by atoms with Gasteiger partial charge in [-0.3, -0.25) is 4.79 Å². The zero-order valence-electron chi connectivity index (χ0n) is 16.0. The number of para-hydroxylation sites is 1. The van der Waals surface area contributed by atoms with E-state index in [0.29, 0.717) is 24.3 Å². The van der Waals surface area contributed by atoms with E-state index in [2.05, 4.69) is 26.7 Å². The zero-order valence-corrected chi connectivity index (χ0v) is 16.0. The Balaban J connectivity index is 1.76. The summed E-state index contributed by atoms with van der Waals surface area (Å²) in [5.74, 6) is 0.378. The third-order valence-electron chi connectivity index (χ3n) is 5.13. The molecular weight excluding hydrogens is 354 g/mol. The lowest BCUT2D eigenvalue weighted by Gasteiger charge is -2.38. The van der Waals surface area contributed by atoms with Gasteiger partial charge in [-0.05, 0) is 43.9 Å². The Morgan fingerprint density at radius 1 is 1.36 bits per heavy atom. The molecule has 7 heteroatoms. The second kappa shape index (κ2) is 7.09. The van der Waals surface area contributed by atoms with E-state index in [9.17, 15) is 9.90 Å². The Morgan fingerprint density at radius 2 is 2.11 bits per heavy atom. The number of nitrogens with zero attached hydrogens (tertiary/aromatic N) is 4. The minimum absolute atomic E-state index is 0.0387. The first-order chi connectivity index (χ1) is 13.5. The van der Waals surface area contributed by atoms with Crippen LogP contribution in [0.25, 0.3) is 22.3 Å². The molecule has 144 valence electrons. The van der Waals surface area contributed by atoms with Crippen molar-refractivity contribution in [2.45, 2.75) is 12.5 Å². The third-order valence-corrected chi connectivity index (χ3v) is 5.13. The highest BCUT2D eigenvalue weighted by Crippen LogP contribution is 2.35. The maximum absolute atomic E-state index is 11.8. The number of carbonyl (C=O) groups is 1. The molecule has 0 atom stereocenters. The van der Waals surface area contributed by atoms with Gasteiger partial charge in [-0.2, -0.15) is 0 Å². The number of aromatic hydroxyl groups is 1. The summed E-state index contributed by atoms with van der Waals surface area (Å²) >= 11 is 0. The molecule has 1 saturated heterocycles. The van der Waals surface area contributed by atoms with E-state index < -0.39 is 0 Å². The molecule has 1 aliphatic heterocycles. The molecule has 1 amide bonds. The number of rotatable bonds is 5. The molecule has 0 unspecified atom stereocenters. The van der Waals surface area contributed by atoms with Gasteiger partial charge in [0, 0.05) is 42.2 Å². The molecule has 3 aromatic rings. The summed E-state index contributed by atoms with van der Waals surface area (Å²) in [5.41, 5.74) is 4.26. The lowest BCUT2D eigenvalue weighted by molar-refractivity contribution is -0.130. The summed E-state index contributed by atoms with van der Waals surface area (Å²) in [6.07, 6.45) is 1.35. The first kappa shape index (κ1) is 18.2. The molecule has 2 N–H and O–H groups in total. The van der Waals surface area contributed by atoms with Crippen molar-refractivity contribution in [3.63, 3.8) is 0 Å². The summed E-state index contributed by atoms with van der Waals surface area (Å²) in [4.78, 5) is 19.1. The number of amides is 1. The fraction of sp³-hybridized carbons (Fsp3) is 0.286. The summed E-state index contributed by atoms with van der Waals surface area (Å²) in [7, 11) is 4.05. The first-order valence-corrected chi connectivity index (χ1v) is 9.20. The first-order valence-electron chi connectivity index (χ1n) is 9.20. The molecule has 1 fully saturated rings. The van der Waals surface area contributed by atoms with Gasteiger partial charge in [0.2, 0.25) is 5.91 Å². The van der Waals surface area contributed by atoms with Crippen LogP contribution in [0.4, 0.5) is 0 Å². The van der Waals surface area contributed by atoms with Crippen LogP contribution < -0.4 is 0 Å². The van der Waals surface area contributed by atoms with E-state index in [-0.39, 0.29) is 17.6 Å².